The monoisotopic (exact) mass is 226 g/mol. The van der Waals surface area contributed by atoms with Gasteiger partial charge in [0.15, 0.2) is 6.29 Å². The van der Waals surface area contributed by atoms with Crippen LogP contribution in [-0.2, 0) is 0 Å². The number of aldehydes is 1. The number of carbonyl (C=O) groups is 1. The first-order chi connectivity index (χ1) is 7.60. The van der Waals surface area contributed by atoms with Gasteiger partial charge < -0.3 is 5.32 Å². The highest BCUT2D eigenvalue weighted by atomic mass is 16.1. The maximum Gasteiger partial charge on any atom is 0.151 e. The van der Waals surface area contributed by atoms with Gasteiger partial charge in [0.1, 0.15) is 5.82 Å². The summed E-state index contributed by atoms with van der Waals surface area (Å²) < 4.78 is 0. The number of rotatable bonds is 2. The van der Waals surface area contributed by atoms with Crippen molar-refractivity contribution in [3.63, 3.8) is 0 Å². The highest BCUT2D eigenvalue weighted by Gasteiger charge is 1.89. The van der Waals surface area contributed by atoms with E-state index in [1.807, 2.05) is 13.8 Å². The van der Waals surface area contributed by atoms with E-state index in [0.29, 0.717) is 5.56 Å². The normalized spacial score (nSPS) is 8.19. The Kier molecular flexibility index (Phi) is 12.3. The Balaban J connectivity index is 0. The lowest BCUT2D eigenvalue weighted by atomic mass is 10.3. The van der Waals surface area contributed by atoms with E-state index < -0.39 is 0 Å². The summed E-state index contributed by atoms with van der Waals surface area (Å²) in [5.74, 6) is 5.71. The van der Waals surface area contributed by atoms with Crippen LogP contribution in [0.15, 0.2) is 18.3 Å². The van der Waals surface area contributed by atoms with Gasteiger partial charge in [0.25, 0.3) is 0 Å². The molecule has 92 valence electrons. The molecule has 0 aliphatic carbocycles. The van der Waals surface area contributed by atoms with Crippen LogP contribution in [0.1, 0.15) is 24.2 Å². The lowest BCUT2D eigenvalue weighted by Gasteiger charge is -1.95. The molecule has 0 aliphatic heterocycles. The summed E-state index contributed by atoms with van der Waals surface area (Å²) in [7, 11) is 5.34. The van der Waals surface area contributed by atoms with E-state index in [4.69, 9.17) is 5.84 Å². The van der Waals surface area contributed by atoms with Gasteiger partial charge >= 0.3 is 0 Å². The van der Waals surface area contributed by atoms with Gasteiger partial charge in [-0.1, -0.05) is 13.8 Å². The standard InChI is InChI=1S/C7H8N2O.C2H8N2.C2H6/c1-8-7-3-2-6(5-10)4-9-7;1-4(2)3;1-2/h2-5H,1H3,(H,8,9);3H2,1-2H3;1-2H3. The SMILES string of the molecule is CC.CN(C)N.CNc1ccc(C=O)cn1. The number of nitrogens with one attached hydrogen (secondary N) is 1. The maximum atomic E-state index is 10.1. The Morgan fingerprint density at radius 2 is 1.88 bits per heavy atom. The zero-order valence-electron chi connectivity index (χ0n) is 10.7. The number of carbonyl (C=O) groups excluding carboxylic acids is 1. The summed E-state index contributed by atoms with van der Waals surface area (Å²) in [6, 6.07) is 3.47. The van der Waals surface area contributed by atoms with Crippen molar-refractivity contribution in [3.8, 4) is 0 Å². The second-order valence-electron chi connectivity index (χ2n) is 2.81. The lowest BCUT2D eigenvalue weighted by molar-refractivity contribution is 0.112. The van der Waals surface area contributed by atoms with Gasteiger partial charge in [0.05, 0.1) is 0 Å². The number of aromatic nitrogens is 1. The molecule has 0 fully saturated rings. The van der Waals surface area contributed by atoms with Gasteiger partial charge in [-0.05, 0) is 12.1 Å². The summed E-state index contributed by atoms with van der Waals surface area (Å²) in [6.07, 6.45) is 2.30. The van der Waals surface area contributed by atoms with Crippen molar-refractivity contribution in [3.05, 3.63) is 23.9 Å². The van der Waals surface area contributed by atoms with Gasteiger partial charge in [-0.25, -0.2) is 4.98 Å². The van der Waals surface area contributed by atoms with E-state index in [1.165, 1.54) is 11.2 Å². The van der Waals surface area contributed by atoms with Crippen LogP contribution in [0, 0.1) is 0 Å². The number of nitrogens with zero attached hydrogens (tertiary/aromatic N) is 2. The molecule has 0 saturated heterocycles. The molecule has 0 aliphatic rings. The van der Waals surface area contributed by atoms with Crippen molar-refractivity contribution in [1.82, 2.24) is 9.99 Å². The zero-order valence-corrected chi connectivity index (χ0v) is 10.7. The van der Waals surface area contributed by atoms with Crippen LogP contribution in [0.4, 0.5) is 5.82 Å². The van der Waals surface area contributed by atoms with Gasteiger partial charge in [0, 0.05) is 32.9 Å². The minimum atomic E-state index is 0.596. The zero-order chi connectivity index (χ0) is 13.0. The fourth-order valence-electron chi connectivity index (χ4n) is 0.623. The molecule has 5 nitrogen and oxygen atoms in total. The number of pyridine rings is 1. The molecule has 1 aromatic heterocycles. The molecule has 0 unspecified atom stereocenters. The van der Waals surface area contributed by atoms with E-state index in [1.54, 1.807) is 33.3 Å². The summed E-state index contributed by atoms with van der Waals surface area (Å²) in [4.78, 5) is 14.1. The van der Waals surface area contributed by atoms with Gasteiger partial charge in [-0.15, -0.1) is 0 Å². The molecule has 0 radical (unpaired) electrons. The largest absolute Gasteiger partial charge is 0.373 e. The number of anilines is 1. The van der Waals surface area contributed by atoms with E-state index in [9.17, 15) is 4.79 Å². The molecule has 1 heterocycles. The highest BCUT2D eigenvalue weighted by molar-refractivity contribution is 5.74. The summed E-state index contributed by atoms with van der Waals surface area (Å²) >= 11 is 0. The van der Waals surface area contributed by atoms with Crippen molar-refractivity contribution in [2.45, 2.75) is 13.8 Å². The molecule has 1 rings (SSSR count). The molecular weight excluding hydrogens is 204 g/mol. The van der Waals surface area contributed by atoms with Crippen LogP contribution < -0.4 is 11.2 Å². The van der Waals surface area contributed by atoms with Crippen LogP contribution in [-0.4, -0.2) is 37.4 Å². The van der Waals surface area contributed by atoms with Crippen LogP contribution in [0.5, 0.6) is 0 Å². The van der Waals surface area contributed by atoms with Crippen molar-refractivity contribution in [2.75, 3.05) is 26.5 Å². The fraction of sp³-hybridized carbons (Fsp3) is 0.455. The minimum Gasteiger partial charge on any atom is -0.373 e. The predicted octanol–water partition coefficient (Wildman–Crippen LogP) is 1.38. The fourth-order valence-corrected chi connectivity index (χ4v) is 0.623. The maximum absolute atomic E-state index is 10.1. The molecule has 0 spiro atoms. The van der Waals surface area contributed by atoms with E-state index >= 15 is 0 Å². The quantitative estimate of drug-likeness (QED) is 0.453. The van der Waals surface area contributed by atoms with Crippen LogP contribution in [0.25, 0.3) is 0 Å². The average molecular weight is 226 g/mol. The van der Waals surface area contributed by atoms with Gasteiger partial charge in [0.2, 0.25) is 0 Å². The second kappa shape index (κ2) is 11.6. The van der Waals surface area contributed by atoms with E-state index in [-0.39, 0.29) is 0 Å². The predicted molar refractivity (Wildman–Crippen MR) is 68.4 cm³/mol. The third kappa shape index (κ3) is 10.6. The van der Waals surface area contributed by atoms with E-state index in [0.717, 1.165) is 12.1 Å². The Labute approximate surface area is 97.6 Å². The van der Waals surface area contributed by atoms with Gasteiger partial charge in [-0.3, -0.25) is 15.6 Å². The molecule has 0 bridgehead atoms. The third-order valence-corrected chi connectivity index (χ3v) is 1.18. The summed E-state index contributed by atoms with van der Waals surface area (Å²) in [6.45, 7) is 4.00. The Morgan fingerprint density at radius 1 is 1.38 bits per heavy atom. The molecule has 3 N–H and O–H groups in total. The smallest absolute Gasteiger partial charge is 0.151 e. The first-order valence-electron chi connectivity index (χ1n) is 5.11. The Bertz CT molecular complexity index is 256. The van der Waals surface area contributed by atoms with Crippen LogP contribution in [0.2, 0.25) is 0 Å². The second-order valence-corrected chi connectivity index (χ2v) is 2.81. The third-order valence-electron chi connectivity index (χ3n) is 1.18. The van der Waals surface area contributed by atoms with Crippen LogP contribution in [0.3, 0.4) is 0 Å². The first-order valence-corrected chi connectivity index (χ1v) is 5.11. The molecule has 5 heteroatoms. The Morgan fingerprint density at radius 3 is 2.12 bits per heavy atom. The summed E-state index contributed by atoms with van der Waals surface area (Å²) in [5.41, 5.74) is 0.596. The molecule has 1 aromatic rings. The lowest BCUT2D eigenvalue weighted by Crippen LogP contribution is -2.18. The number of nitrogens with two attached hydrogens (primary N) is 1. The van der Waals surface area contributed by atoms with Crippen LogP contribution >= 0.6 is 0 Å². The molecular formula is C11H22N4O. The number of hydrogen-bond acceptors (Lipinski definition) is 5. The Hall–Kier alpha value is -1.46. The van der Waals surface area contributed by atoms with Gasteiger partial charge in [-0.2, -0.15) is 0 Å². The van der Waals surface area contributed by atoms with Crippen molar-refractivity contribution in [1.29, 1.82) is 0 Å². The molecule has 0 atom stereocenters. The molecule has 0 amide bonds. The molecule has 0 aromatic carbocycles. The number of hydrogen-bond donors (Lipinski definition) is 2. The highest BCUT2D eigenvalue weighted by Crippen LogP contribution is 2.00. The van der Waals surface area contributed by atoms with Crippen molar-refractivity contribution in [2.24, 2.45) is 5.84 Å². The average Bonchev–Trinajstić information content (AvgIpc) is 2.31. The molecule has 0 saturated carbocycles. The molecule has 16 heavy (non-hydrogen) atoms. The van der Waals surface area contributed by atoms with Crippen molar-refractivity contribution >= 4 is 12.1 Å². The van der Waals surface area contributed by atoms with Crippen molar-refractivity contribution < 1.29 is 4.79 Å². The van der Waals surface area contributed by atoms with E-state index in [2.05, 4.69) is 10.3 Å². The number of hydrazine groups is 1. The minimum absolute atomic E-state index is 0.596. The topological polar surface area (TPSA) is 71.2 Å². The first kappa shape index (κ1) is 17.0. The summed E-state index contributed by atoms with van der Waals surface area (Å²) in [5, 5.41) is 4.35.